The SMILES string of the molecule is [2H]c1cc(C(C)(C)c2cc([2H])c(O)c([2H])c2)cc([2H])c1O. The molecule has 0 aliphatic carbocycles. The van der Waals surface area contributed by atoms with Crippen LogP contribution in [-0.4, -0.2) is 10.2 Å². The van der Waals surface area contributed by atoms with E-state index in [2.05, 4.69) is 0 Å². The molecule has 2 N–H and O–H groups in total. The van der Waals surface area contributed by atoms with Crippen molar-refractivity contribution in [2.24, 2.45) is 0 Å². The van der Waals surface area contributed by atoms with Crippen LogP contribution in [0, 0.1) is 0 Å². The fraction of sp³-hybridized carbons (Fsp3) is 0.200. The van der Waals surface area contributed by atoms with Crippen molar-refractivity contribution in [1.82, 2.24) is 0 Å². The van der Waals surface area contributed by atoms with E-state index in [0.29, 0.717) is 11.1 Å². The molecule has 0 amide bonds. The monoisotopic (exact) mass is 232 g/mol. The third kappa shape index (κ3) is 2.26. The van der Waals surface area contributed by atoms with Crippen molar-refractivity contribution in [3.05, 3.63) is 59.6 Å². The second-order valence-electron chi connectivity index (χ2n) is 4.39. The van der Waals surface area contributed by atoms with E-state index in [1.54, 1.807) is 0 Å². The van der Waals surface area contributed by atoms with E-state index in [1.165, 1.54) is 24.3 Å². The zero-order chi connectivity index (χ0) is 15.9. The van der Waals surface area contributed by atoms with Gasteiger partial charge in [-0.25, -0.2) is 0 Å². The summed E-state index contributed by atoms with van der Waals surface area (Å²) >= 11 is 0. The largest absolute Gasteiger partial charge is 0.508 e. The number of aromatic hydroxyl groups is 2. The van der Waals surface area contributed by atoms with Crippen LogP contribution in [0.4, 0.5) is 0 Å². The van der Waals surface area contributed by atoms with Crippen molar-refractivity contribution >= 4 is 0 Å². The molecule has 0 saturated carbocycles. The predicted octanol–water partition coefficient (Wildman–Crippen LogP) is 3.42. The van der Waals surface area contributed by atoms with Gasteiger partial charge in [-0.2, -0.15) is 0 Å². The third-order valence-corrected chi connectivity index (χ3v) is 2.90. The highest BCUT2D eigenvalue weighted by atomic mass is 16.3. The molecule has 2 aromatic carbocycles. The van der Waals surface area contributed by atoms with Crippen molar-refractivity contribution in [2.75, 3.05) is 0 Å². The molecule has 17 heavy (non-hydrogen) atoms. The molecule has 0 heterocycles. The van der Waals surface area contributed by atoms with E-state index in [1.807, 2.05) is 13.8 Å². The van der Waals surface area contributed by atoms with Crippen LogP contribution >= 0.6 is 0 Å². The van der Waals surface area contributed by atoms with Crippen LogP contribution in [0.25, 0.3) is 0 Å². The smallest absolute Gasteiger partial charge is 0.115 e. The first-order valence-electron chi connectivity index (χ1n) is 7.26. The Morgan fingerprint density at radius 3 is 1.41 bits per heavy atom. The molecule has 0 fully saturated rings. The van der Waals surface area contributed by atoms with Gasteiger partial charge >= 0.3 is 0 Å². The van der Waals surface area contributed by atoms with Crippen LogP contribution in [-0.2, 0) is 5.41 Å². The van der Waals surface area contributed by atoms with E-state index >= 15 is 0 Å². The predicted molar refractivity (Wildman–Crippen MR) is 68.3 cm³/mol. The standard InChI is InChI=1S/C15H16O2/c1-15(2,11-3-7-13(16)8-4-11)12-5-9-14(17)10-6-12/h3-10,16-17H,1-2H3/i7D,8D,9D,10D. The molecule has 0 aliphatic heterocycles. The van der Waals surface area contributed by atoms with Gasteiger partial charge < -0.3 is 10.2 Å². The fourth-order valence-electron chi connectivity index (χ4n) is 1.64. The molecule has 2 heteroatoms. The average Bonchev–Trinajstić information content (AvgIpc) is 2.40. The Morgan fingerprint density at radius 1 is 0.824 bits per heavy atom. The summed E-state index contributed by atoms with van der Waals surface area (Å²) in [6.07, 6.45) is 0. The second-order valence-corrected chi connectivity index (χ2v) is 4.39. The molecule has 0 bridgehead atoms. The molecule has 0 radical (unpaired) electrons. The number of phenolic OH excluding ortho intramolecular Hbond substituents is 2. The number of phenols is 2. The third-order valence-electron chi connectivity index (χ3n) is 2.90. The number of hydrogen-bond acceptors (Lipinski definition) is 2. The zero-order valence-corrected chi connectivity index (χ0v) is 9.70. The van der Waals surface area contributed by atoms with Crippen molar-refractivity contribution in [3.63, 3.8) is 0 Å². The van der Waals surface area contributed by atoms with Crippen LogP contribution in [0.1, 0.15) is 30.5 Å². The number of rotatable bonds is 2. The molecule has 0 unspecified atom stereocenters. The lowest BCUT2D eigenvalue weighted by Gasteiger charge is -2.26. The van der Waals surface area contributed by atoms with Gasteiger partial charge in [0.05, 0.1) is 5.48 Å². The van der Waals surface area contributed by atoms with E-state index in [9.17, 15) is 10.2 Å². The molecule has 2 nitrogen and oxygen atoms in total. The van der Waals surface area contributed by atoms with Crippen LogP contribution in [0.2, 0.25) is 0 Å². The van der Waals surface area contributed by atoms with Crippen molar-refractivity contribution < 1.29 is 15.7 Å². The van der Waals surface area contributed by atoms with Crippen molar-refractivity contribution in [1.29, 1.82) is 0 Å². The van der Waals surface area contributed by atoms with Crippen molar-refractivity contribution in [2.45, 2.75) is 19.3 Å². The van der Waals surface area contributed by atoms with Gasteiger partial charge in [0, 0.05) is 5.41 Å². The molecule has 0 atom stereocenters. The molecule has 0 aliphatic rings. The molecule has 88 valence electrons. The summed E-state index contributed by atoms with van der Waals surface area (Å²) in [5, 5.41) is 19.0. The fourth-order valence-corrected chi connectivity index (χ4v) is 1.64. The summed E-state index contributed by atoms with van der Waals surface area (Å²) in [6.45, 7) is 3.67. The summed E-state index contributed by atoms with van der Waals surface area (Å²) in [5.74, 6) is -0.745. The number of benzene rings is 2. The summed E-state index contributed by atoms with van der Waals surface area (Å²) in [6, 6.07) is 5.31. The highest BCUT2D eigenvalue weighted by Gasteiger charge is 2.22. The van der Waals surface area contributed by atoms with Crippen LogP contribution in [0.15, 0.2) is 48.4 Å². The molecule has 2 rings (SSSR count). The van der Waals surface area contributed by atoms with Gasteiger partial charge in [-0.05, 0) is 35.3 Å². The minimum atomic E-state index is -0.668. The lowest BCUT2D eigenvalue weighted by atomic mass is 9.78. The first-order chi connectivity index (χ1) is 9.64. The first kappa shape index (κ1) is 7.38. The Bertz CT molecular complexity index is 605. The maximum Gasteiger partial charge on any atom is 0.115 e. The Kier molecular flexibility index (Phi) is 1.79. The summed E-state index contributed by atoms with van der Waals surface area (Å²) in [4.78, 5) is 0. The summed E-state index contributed by atoms with van der Waals surface area (Å²) in [5.41, 5.74) is 0.582. The van der Waals surface area contributed by atoms with Gasteiger partial charge in [0.25, 0.3) is 0 Å². The first-order valence-corrected chi connectivity index (χ1v) is 5.26. The molecule has 0 aromatic heterocycles. The zero-order valence-electron chi connectivity index (χ0n) is 13.7. The molecule has 0 spiro atoms. The molecular formula is C15H16O2. The summed E-state index contributed by atoms with van der Waals surface area (Å²) < 4.78 is 30.7. The van der Waals surface area contributed by atoms with E-state index in [4.69, 9.17) is 5.48 Å². The average molecular weight is 232 g/mol. The normalized spacial score (nSPS) is 14.7. The van der Waals surface area contributed by atoms with Crippen molar-refractivity contribution in [3.8, 4) is 11.5 Å². The van der Waals surface area contributed by atoms with Gasteiger partial charge in [-0.1, -0.05) is 38.1 Å². The Hall–Kier alpha value is -1.96. The topological polar surface area (TPSA) is 40.5 Å². The van der Waals surface area contributed by atoms with Gasteiger partial charge in [-0.15, -0.1) is 0 Å². The highest BCUT2D eigenvalue weighted by molar-refractivity contribution is 5.41. The molecule has 2 aromatic rings. The quantitative estimate of drug-likeness (QED) is 0.832. The van der Waals surface area contributed by atoms with Gasteiger partial charge in [0.1, 0.15) is 11.5 Å². The van der Waals surface area contributed by atoms with Crippen LogP contribution < -0.4 is 0 Å². The van der Waals surface area contributed by atoms with Crippen LogP contribution in [0.3, 0.4) is 0 Å². The Balaban J connectivity index is 2.61. The number of hydrogen-bond donors (Lipinski definition) is 2. The van der Waals surface area contributed by atoms with Gasteiger partial charge in [-0.3, -0.25) is 0 Å². The maximum absolute atomic E-state index is 9.52. The lowest BCUT2D eigenvalue weighted by molar-refractivity contribution is 0.474. The maximum atomic E-state index is 9.52. The minimum absolute atomic E-state index is 0.137. The summed E-state index contributed by atoms with van der Waals surface area (Å²) in [7, 11) is 0. The minimum Gasteiger partial charge on any atom is -0.508 e. The van der Waals surface area contributed by atoms with Gasteiger partial charge in [0.2, 0.25) is 0 Å². The Morgan fingerprint density at radius 2 is 1.12 bits per heavy atom. The van der Waals surface area contributed by atoms with E-state index < -0.39 is 5.41 Å². The second kappa shape index (κ2) is 4.13. The van der Waals surface area contributed by atoms with Crippen LogP contribution in [0.5, 0.6) is 11.5 Å². The highest BCUT2D eigenvalue weighted by Crippen LogP contribution is 2.32. The van der Waals surface area contributed by atoms with Gasteiger partial charge in [0.15, 0.2) is 0 Å². The Labute approximate surface area is 107 Å². The van der Waals surface area contributed by atoms with E-state index in [-0.39, 0.29) is 35.7 Å². The molecule has 0 saturated heterocycles. The van der Waals surface area contributed by atoms with E-state index in [0.717, 1.165) is 0 Å². The molecular weight excluding hydrogens is 212 g/mol. The lowest BCUT2D eigenvalue weighted by Crippen LogP contribution is -2.18.